The van der Waals surface area contributed by atoms with Gasteiger partial charge in [0.15, 0.2) is 0 Å². The zero-order valence-corrected chi connectivity index (χ0v) is 8.52. The van der Waals surface area contributed by atoms with E-state index < -0.39 is 0 Å². The van der Waals surface area contributed by atoms with Gasteiger partial charge in [-0.3, -0.25) is 0 Å². The van der Waals surface area contributed by atoms with Crippen LogP contribution in [-0.2, 0) is 13.0 Å². The normalized spacial score (nSPS) is 12.0. The van der Waals surface area contributed by atoms with Gasteiger partial charge < -0.3 is 9.47 Å². The molecule has 0 saturated carbocycles. The summed E-state index contributed by atoms with van der Waals surface area (Å²) in [5, 5.41) is 0. The molecule has 0 unspecified atom stereocenters. The molecule has 1 aromatic rings. The average Bonchev–Trinajstić information content (AvgIpc) is 2.32. The number of H-pyrrole nitrogens is 1. The van der Waals surface area contributed by atoms with Gasteiger partial charge in [-0.25, -0.2) is 0 Å². The zero-order valence-electron chi connectivity index (χ0n) is 8.52. The Bertz CT molecular complexity index is 243. The first-order valence-corrected chi connectivity index (χ1v) is 4.48. The summed E-state index contributed by atoms with van der Waals surface area (Å²) >= 11 is 0. The molecule has 1 N–H and O–H groups in total. The molecular formula is C10H19N2+. The summed E-state index contributed by atoms with van der Waals surface area (Å²) in [6.45, 7) is 3.24. The van der Waals surface area contributed by atoms with Crippen LogP contribution in [0.3, 0.4) is 0 Å². The number of quaternary nitrogens is 1. The molecule has 0 amide bonds. The van der Waals surface area contributed by atoms with E-state index in [-0.39, 0.29) is 0 Å². The summed E-state index contributed by atoms with van der Waals surface area (Å²) in [6.07, 6.45) is 1.09. The van der Waals surface area contributed by atoms with Gasteiger partial charge in [-0.1, -0.05) is 6.92 Å². The first-order chi connectivity index (χ1) is 5.51. The molecule has 1 rings (SSSR count). The second kappa shape index (κ2) is 3.31. The predicted molar refractivity (Wildman–Crippen MR) is 51.9 cm³/mol. The van der Waals surface area contributed by atoms with E-state index in [0.717, 1.165) is 17.4 Å². The highest BCUT2D eigenvalue weighted by atomic mass is 15.3. The van der Waals surface area contributed by atoms with Crippen molar-refractivity contribution < 1.29 is 4.48 Å². The van der Waals surface area contributed by atoms with E-state index in [1.54, 1.807) is 0 Å². The minimum Gasteiger partial charge on any atom is -0.358 e. The van der Waals surface area contributed by atoms with E-state index in [1.807, 2.05) is 0 Å². The van der Waals surface area contributed by atoms with Crippen molar-refractivity contribution in [3.05, 3.63) is 23.5 Å². The molecule has 0 saturated heterocycles. The molecule has 0 radical (unpaired) electrons. The monoisotopic (exact) mass is 167 g/mol. The number of aromatic amines is 1. The van der Waals surface area contributed by atoms with Gasteiger partial charge in [0.25, 0.3) is 0 Å². The SMILES string of the molecule is CCc1ccc(C[N+](C)(C)C)[nH]1. The van der Waals surface area contributed by atoms with Crippen LogP contribution in [0.4, 0.5) is 0 Å². The Hall–Kier alpha value is -0.760. The highest BCUT2D eigenvalue weighted by molar-refractivity contribution is 5.11. The number of nitrogens with zero attached hydrogens (tertiary/aromatic N) is 1. The molecule has 0 aliphatic rings. The van der Waals surface area contributed by atoms with Crippen molar-refractivity contribution in [1.82, 2.24) is 4.98 Å². The number of hydrogen-bond acceptors (Lipinski definition) is 0. The second-order valence-corrected chi connectivity index (χ2v) is 4.31. The molecule has 0 spiro atoms. The minimum absolute atomic E-state index is 0.976. The van der Waals surface area contributed by atoms with Gasteiger partial charge in [0.1, 0.15) is 6.54 Å². The Morgan fingerprint density at radius 1 is 1.17 bits per heavy atom. The molecule has 0 aliphatic heterocycles. The van der Waals surface area contributed by atoms with Gasteiger partial charge in [-0.05, 0) is 18.6 Å². The van der Waals surface area contributed by atoms with Crippen LogP contribution >= 0.6 is 0 Å². The van der Waals surface area contributed by atoms with Crippen molar-refractivity contribution in [2.75, 3.05) is 21.1 Å². The van der Waals surface area contributed by atoms with E-state index in [1.165, 1.54) is 11.4 Å². The van der Waals surface area contributed by atoms with E-state index in [9.17, 15) is 0 Å². The van der Waals surface area contributed by atoms with Crippen molar-refractivity contribution in [3.8, 4) is 0 Å². The molecular weight excluding hydrogens is 148 g/mol. The molecule has 2 nitrogen and oxygen atoms in total. The van der Waals surface area contributed by atoms with Gasteiger partial charge in [0, 0.05) is 5.69 Å². The largest absolute Gasteiger partial charge is 0.358 e. The molecule has 0 aliphatic carbocycles. The van der Waals surface area contributed by atoms with Crippen LogP contribution in [0.2, 0.25) is 0 Å². The van der Waals surface area contributed by atoms with E-state index in [2.05, 4.69) is 45.2 Å². The summed E-state index contributed by atoms with van der Waals surface area (Å²) < 4.78 is 0.976. The summed E-state index contributed by atoms with van der Waals surface area (Å²) in [5.74, 6) is 0. The number of hydrogen-bond donors (Lipinski definition) is 1. The van der Waals surface area contributed by atoms with Crippen molar-refractivity contribution in [2.45, 2.75) is 19.9 Å². The van der Waals surface area contributed by atoms with Crippen molar-refractivity contribution >= 4 is 0 Å². The average molecular weight is 167 g/mol. The molecule has 1 heterocycles. The van der Waals surface area contributed by atoms with Crippen LogP contribution in [0.25, 0.3) is 0 Å². The van der Waals surface area contributed by atoms with Crippen LogP contribution in [0, 0.1) is 0 Å². The molecule has 0 fully saturated rings. The number of aromatic nitrogens is 1. The lowest BCUT2D eigenvalue weighted by Crippen LogP contribution is -2.33. The van der Waals surface area contributed by atoms with Crippen LogP contribution in [0.15, 0.2) is 12.1 Å². The fourth-order valence-electron chi connectivity index (χ4n) is 1.30. The van der Waals surface area contributed by atoms with E-state index >= 15 is 0 Å². The Balaban J connectivity index is 2.64. The van der Waals surface area contributed by atoms with Gasteiger partial charge in [0.2, 0.25) is 0 Å². The Morgan fingerprint density at radius 2 is 1.75 bits per heavy atom. The van der Waals surface area contributed by atoms with E-state index in [0.29, 0.717) is 0 Å². The Labute approximate surface area is 74.8 Å². The van der Waals surface area contributed by atoms with Crippen molar-refractivity contribution in [1.29, 1.82) is 0 Å². The third-order valence-electron chi connectivity index (χ3n) is 1.83. The molecule has 68 valence electrons. The highest BCUT2D eigenvalue weighted by Crippen LogP contribution is 2.07. The molecule has 0 atom stereocenters. The molecule has 1 aromatic heterocycles. The van der Waals surface area contributed by atoms with Crippen LogP contribution in [0.1, 0.15) is 18.3 Å². The number of nitrogens with one attached hydrogen (secondary N) is 1. The topological polar surface area (TPSA) is 15.8 Å². The van der Waals surface area contributed by atoms with Gasteiger partial charge in [-0.2, -0.15) is 0 Å². The maximum Gasteiger partial charge on any atom is 0.119 e. The van der Waals surface area contributed by atoms with Crippen molar-refractivity contribution in [2.24, 2.45) is 0 Å². The zero-order chi connectivity index (χ0) is 9.19. The lowest BCUT2D eigenvalue weighted by Gasteiger charge is -2.22. The van der Waals surface area contributed by atoms with Crippen LogP contribution in [0.5, 0.6) is 0 Å². The highest BCUT2D eigenvalue weighted by Gasteiger charge is 2.09. The van der Waals surface area contributed by atoms with E-state index in [4.69, 9.17) is 0 Å². The maximum atomic E-state index is 3.40. The quantitative estimate of drug-likeness (QED) is 0.661. The third-order valence-corrected chi connectivity index (χ3v) is 1.83. The first kappa shape index (κ1) is 9.33. The smallest absolute Gasteiger partial charge is 0.119 e. The summed E-state index contributed by atoms with van der Waals surface area (Å²) in [4.78, 5) is 3.40. The molecule has 2 heteroatoms. The second-order valence-electron chi connectivity index (χ2n) is 4.31. The van der Waals surface area contributed by atoms with Gasteiger partial charge in [-0.15, -0.1) is 0 Å². The van der Waals surface area contributed by atoms with Gasteiger partial charge >= 0.3 is 0 Å². The van der Waals surface area contributed by atoms with Gasteiger partial charge in [0.05, 0.1) is 26.8 Å². The fourth-order valence-corrected chi connectivity index (χ4v) is 1.30. The number of aryl methyl sites for hydroxylation is 1. The first-order valence-electron chi connectivity index (χ1n) is 4.48. The lowest BCUT2D eigenvalue weighted by molar-refractivity contribution is -0.884. The molecule has 0 bridgehead atoms. The predicted octanol–water partition coefficient (Wildman–Crippen LogP) is 1.78. The van der Waals surface area contributed by atoms with Crippen molar-refractivity contribution in [3.63, 3.8) is 0 Å². The summed E-state index contributed by atoms with van der Waals surface area (Å²) in [5.41, 5.74) is 2.66. The minimum atomic E-state index is 0.976. The fraction of sp³-hybridized carbons (Fsp3) is 0.600. The molecule has 12 heavy (non-hydrogen) atoms. The molecule has 0 aromatic carbocycles. The van der Waals surface area contributed by atoms with Crippen LogP contribution < -0.4 is 0 Å². The Morgan fingerprint density at radius 3 is 2.17 bits per heavy atom. The van der Waals surface area contributed by atoms with Crippen LogP contribution in [-0.4, -0.2) is 30.6 Å². The number of rotatable bonds is 3. The standard InChI is InChI=1S/C10H19N2/c1-5-9-6-7-10(11-9)8-12(2,3)4/h6-7,11H,5,8H2,1-4H3/q+1. The summed E-state index contributed by atoms with van der Waals surface area (Å²) in [7, 11) is 6.60. The third kappa shape index (κ3) is 2.70. The Kier molecular flexibility index (Phi) is 2.58. The maximum absolute atomic E-state index is 3.40. The summed E-state index contributed by atoms with van der Waals surface area (Å²) in [6, 6.07) is 4.35. The lowest BCUT2D eigenvalue weighted by atomic mass is 10.3.